The Morgan fingerprint density at radius 1 is 1.38 bits per heavy atom. The van der Waals surface area contributed by atoms with E-state index in [0.717, 1.165) is 52.2 Å². The fourth-order valence-corrected chi connectivity index (χ4v) is 2.82. The molecule has 0 aliphatic carbocycles. The van der Waals surface area contributed by atoms with Gasteiger partial charge in [0.05, 0.1) is 19.3 Å². The molecule has 0 aromatic heterocycles. The van der Waals surface area contributed by atoms with Crippen molar-refractivity contribution in [1.29, 1.82) is 0 Å². The van der Waals surface area contributed by atoms with Crippen LogP contribution in [0.4, 0.5) is 0 Å². The minimum absolute atomic E-state index is 0. The Hall–Kier alpha value is -0.0700. The lowest BCUT2D eigenvalue weighted by molar-refractivity contribution is -0.124. The summed E-state index contributed by atoms with van der Waals surface area (Å²) >= 11 is 0. The molecule has 1 atom stereocenters. The molecule has 5 nitrogen and oxygen atoms in total. The van der Waals surface area contributed by atoms with Gasteiger partial charge in [-0.3, -0.25) is 9.69 Å². The minimum atomic E-state index is 0. The van der Waals surface area contributed by atoms with E-state index in [0.29, 0.717) is 0 Å². The highest BCUT2D eigenvalue weighted by molar-refractivity contribution is 5.85. The molecule has 1 amide bonds. The van der Waals surface area contributed by atoms with Crippen molar-refractivity contribution >= 4 is 30.7 Å². The van der Waals surface area contributed by atoms with E-state index in [1.165, 1.54) is 6.42 Å². The number of hydrogen-bond acceptors (Lipinski definition) is 4. The van der Waals surface area contributed by atoms with Gasteiger partial charge in [0.15, 0.2) is 0 Å². The van der Waals surface area contributed by atoms with E-state index in [1.54, 1.807) is 0 Å². The van der Waals surface area contributed by atoms with Crippen LogP contribution in [-0.4, -0.2) is 61.8 Å². The van der Waals surface area contributed by atoms with Crippen LogP contribution in [0.2, 0.25) is 0 Å². The maximum Gasteiger partial charge on any atom is 0.237 e. The van der Waals surface area contributed by atoms with Gasteiger partial charge in [-0.25, -0.2) is 0 Å². The molecule has 2 aliphatic heterocycles. The summed E-state index contributed by atoms with van der Waals surface area (Å²) < 4.78 is 5.50. The Morgan fingerprint density at radius 2 is 2.14 bits per heavy atom. The molecule has 0 aromatic rings. The predicted molar refractivity (Wildman–Crippen MR) is 89.6 cm³/mol. The van der Waals surface area contributed by atoms with Crippen molar-refractivity contribution in [3.63, 3.8) is 0 Å². The van der Waals surface area contributed by atoms with E-state index in [1.807, 2.05) is 0 Å². The highest BCUT2D eigenvalue weighted by atomic mass is 35.5. The summed E-state index contributed by atoms with van der Waals surface area (Å²) in [5.41, 5.74) is 0.0755. The summed E-state index contributed by atoms with van der Waals surface area (Å²) in [6.07, 6.45) is 3.31. The highest BCUT2D eigenvalue weighted by Crippen LogP contribution is 2.17. The third kappa shape index (κ3) is 6.28. The van der Waals surface area contributed by atoms with Crippen LogP contribution >= 0.6 is 24.8 Å². The van der Waals surface area contributed by atoms with E-state index >= 15 is 0 Å². The van der Waals surface area contributed by atoms with Gasteiger partial charge in [0.1, 0.15) is 0 Å². The first-order chi connectivity index (χ1) is 9.09. The van der Waals surface area contributed by atoms with Gasteiger partial charge in [0.2, 0.25) is 5.91 Å². The molecule has 2 N–H and O–H groups in total. The molecule has 2 saturated heterocycles. The van der Waals surface area contributed by atoms with Gasteiger partial charge >= 0.3 is 0 Å². The number of halogens is 2. The summed E-state index contributed by atoms with van der Waals surface area (Å²) in [4.78, 5) is 14.4. The number of carbonyl (C=O) groups is 1. The summed E-state index contributed by atoms with van der Waals surface area (Å²) in [7, 11) is 0. The summed E-state index contributed by atoms with van der Waals surface area (Å²) in [5.74, 6) is 0.158. The third-order valence-corrected chi connectivity index (χ3v) is 4.12. The smallest absolute Gasteiger partial charge is 0.237 e. The van der Waals surface area contributed by atoms with Crippen LogP contribution in [0.15, 0.2) is 0 Å². The average Bonchev–Trinajstić information content (AvgIpc) is 2.41. The normalized spacial score (nSPS) is 25.3. The molecular weight excluding hydrogens is 313 g/mol. The average molecular weight is 342 g/mol. The zero-order valence-electron chi connectivity index (χ0n) is 13.0. The maximum absolute atomic E-state index is 12.0. The zero-order valence-corrected chi connectivity index (χ0v) is 14.7. The molecule has 7 heteroatoms. The monoisotopic (exact) mass is 341 g/mol. The number of hydrogen-bond donors (Lipinski definition) is 2. The van der Waals surface area contributed by atoms with Crippen molar-refractivity contribution in [2.75, 3.05) is 39.4 Å². The number of carbonyl (C=O) groups excluding carboxylic acids is 1. The molecule has 2 rings (SSSR count). The number of nitrogens with one attached hydrogen (secondary N) is 2. The Bertz CT molecular complexity index is 311. The van der Waals surface area contributed by atoms with E-state index in [9.17, 15) is 4.79 Å². The first kappa shape index (κ1) is 20.9. The van der Waals surface area contributed by atoms with Crippen LogP contribution in [-0.2, 0) is 9.53 Å². The van der Waals surface area contributed by atoms with E-state index in [-0.39, 0.29) is 42.3 Å². The van der Waals surface area contributed by atoms with Crippen molar-refractivity contribution in [2.24, 2.45) is 0 Å². The van der Waals surface area contributed by atoms with Crippen LogP contribution < -0.4 is 10.6 Å². The van der Waals surface area contributed by atoms with Crippen molar-refractivity contribution in [1.82, 2.24) is 15.5 Å². The zero-order chi connectivity index (χ0) is 13.7. The van der Waals surface area contributed by atoms with Crippen molar-refractivity contribution in [3.05, 3.63) is 0 Å². The molecule has 0 aromatic carbocycles. The summed E-state index contributed by atoms with van der Waals surface area (Å²) in [5, 5.41) is 6.33. The predicted octanol–water partition coefficient (Wildman–Crippen LogP) is 1.20. The van der Waals surface area contributed by atoms with Crippen LogP contribution in [0.25, 0.3) is 0 Å². The lowest BCUT2D eigenvalue weighted by Crippen LogP contribution is -2.55. The van der Waals surface area contributed by atoms with Gasteiger partial charge in [0.25, 0.3) is 0 Å². The molecule has 0 bridgehead atoms. The van der Waals surface area contributed by atoms with Gasteiger partial charge in [-0.15, -0.1) is 24.8 Å². The maximum atomic E-state index is 12.0. The molecular formula is C14H29Cl2N3O2. The standard InChI is InChI=1S/C14H27N3O2.2ClH/c1-14(2)11-19-10-9-17(14)8-7-16-13(18)12-5-3-4-6-15-12;;/h12,15H,3-11H2,1-2H3,(H,16,18);2*1H/t12-;;/m1../s1. The second kappa shape index (κ2) is 9.85. The van der Waals surface area contributed by atoms with E-state index in [4.69, 9.17) is 4.74 Å². The Labute approximate surface area is 140 Å². The van der Waals surface area contributed by atoms with Gasteiger partial charge in [0, 0.05) is 25.2 Å². The van der Waals surface area contributed by atoms with Gasteiger partial charge in [-0.05, 0) is 33.2 Å². The first-order valence-corrected chi connectivity index (χ1v) is 7.43. The van der Waals surface area contributed by atoms with Gasteiger partial charge < -0.3 is 15.4 Å². The van der Waals surface area contributed by atoms with E-state index in [2.05, 4.69) is 29.4 Å². The number of morpholine rings is 1. The van der Waals surface area contributed by atoms with Crippen LogP contribution in [0.1, 0.15) is 33.1 Å². The summed E-state index contributed by atoms with van der Waals surface area (Å²) in [6, 6.07) is 0.0199. The molecule has 0 spiro atoms. The Morgan fingerprint density at radius 3 is 2.76 bits per heavy atom. The van der Waals surface area contributed by atoms with Crippen LogP contribution in [0, 0.1) is 0 Å². The molecule has 2 heterocycles. The fourth-order valence-electron chi connectivity index (χ4n) is 2.82. The Balaban J connectivity index is 0.00000200. The molecule has 126 valence electrons. The summed E-state index contributed by atoms with van der Waals surface area (Å²) in [6.45, 7) is 9.48. The lowest BCUT2D eigenvalue weighted by Gasteiger charge is -2.42. The van der Waals surface area contributed by atoms with Crippen LogP contribution in [0.5, 0.6) is 0 Å². The van der Waals surface area contributed by atoms with Crippen molar-refractivity contribution < 1.29 is 9.53 Å². The highest BCUT2D eigenvalue weighted by Gasteiger charge is 2.30. The van der Waals surface area contributed by atoms with Crippen molar-refractivity contribution in [3.8, 4) is 0 Å². The van der Waals surface area contributed by atoms with Gasteiger partial charge in [-0.2, -0.15) is 0 Å². The molecule has 0 radical (unpaired) electrons. The third-order valence-electron chi connectivity index (χ3n) is 4.12. The largest absolute Gasteiger partial charge is 0.378 e. The fraction of sp³-hybridized carbons (Fsp3) is 0.929. The number of nitrogens with zero attached hydrogens (tertiary/aromatic N) is 1. The topological polar surface area (TPSA) is 53.6 Å². The first-order valence-electron chi connectivity index (χ1n) is 7.43. The minimum Gasteiger partial charge on any atom is -0.378 e. The number of rotatable bonds is 4. The Kier molecular flexibility index (Phi) is 9.81. The lowest BCUT2D eigenvalue weighted by atomic mass is 10.0. The second-order valence-electron chi connectivity index (χ2n) is 6.15. The molecule has 2 aliphatic rings. The number of amides is 1. The van der Waals surface area contributed by atoms with Gasteiger partial charge in [-0.1, -0.05) is 6.42 Å². The molecule has 2 fully saturated rings. The van der Waals surface area contributed by atoms with E-state index < -0.39 is 0 Å². The molecule has 21 heavy (non-hydrogen) atoms. The quantitative estimate of drug-likeness (QED) is 0.806. The number of ether oxygens (including phenoxy) is 1. The second-order valence-corrected chi connectivity index (χ2v) is 6.15. The SMILES string of the molecule is CC1(C)COCCN1CCNC(=O)[C@H]1CCCCN1.Cl.Cl. The number of piperidine rings is 1. The molecule has 0 unspecified atom stereocenters. The van der Waals surface area contributed by atoms with Crippen LogP contribution in [0.3, 0.4) is 0 Å². The van der Waals surface area contributed by atoms with Crippen molar-refractivity contribution in [2.45, 2.75) is 44.7 Å². The molecule has 0 saturated carbocycles.